The Morgan fingerprint density at radius 3 is 0.723 bits per heavy atom. The van der Waals surface area contributed by atoms with Crippen LogP contribution in [0.1, 0.15) is 178 Å². The molecular weight excluding hydrogens is 801 g/mol. The van der Waals surface area contributed by atoms with Gasteiger partial charge in [-0.1, -0.05) is 50.7 Å². The Balaban J connectivity index is 1.25. The Labute approximate surface area is 394 Å². The number of likely N-dealkylation sites (tertiary alicyclic amines) is 6. The van der Waals surface area contributed by atoms with Crippen LogP contribution >= 0.6 is 0 Å². The molecule has 6 aliphatic heterocycles. The van der Waals surface area contributed by atoms with Gasteiger partial charge in [-0.25, -0.2) is 0 Å². The fraction of sp³-hybridized carbons (Fsp3) is 0.684. The maximum atomic E-state index is 12.5. The summed E-state index contributed by atoms with van der Waals surface area (Å²) in [7, 11) is 0. The molecule has 0 atom stereocenters. The van der Waals surface area contributed by atoms with Gasteiger partial charge in [0.15, 0.2) is 0 Å². The molecule has 0 spiro atoms. The summed E-state index contributed by atoms with van der Waals surface area (Å²) in [6.07, 6.45) is 22.9. The van der Waals surface area contributed by atoms with Crippen LogP contribution < -0.4 is 0 Å². The van der Waals surface area contributed by atoms with Crippen molar-refractivity contribution in [2.75, 3.05) is 78.5 Å². The maximum Gasteiger partial charge on any atom is 0.124 e. The number of phenols is 2. The second-order valence-corrected chi connectivity index (χ2v) is 21.9. The lowest BCUT2D eigenvalue weighted by Gasteiger charge is -2.38. The minimum Gasteiger partial charge on any atom is -0.507 e. The summed E-state index contributed by atoms with van der Waals surface area (Å²) >= 11 is 0. The molecule has 0 saturated carbocycles. The van der Waals surface area contributed by atoms with Crippen LogP contribution in [0.3, 0.4) is 0 Å². The predicted molar refractivity (Wildman–Crippen MR) is 268 cm³/mol. The lowest BCUT2D eigenvalue weighted by Crippen LogP contribution is -2.33. The van der Waals surface area contributed by atoms with Crippen molar-refractivity contribution in [1.82, 2.24) is 29.4 Å². The van der Waals surface area contributed by atoms with E-state index in [0.29, 0.717) is 11.5 Å². The van der Waals surface area contributed by atoms with Crippen molar-refractivity contribution in [3.05, 3.63) is 92.0 Å². The van der Waals surface area contributed by atoms with Gasteiger partial charge >= 0.3 is 0 Å². The Morgan fingerprint density at radius 1 is 0.323 bits per heavy atom. The van der Waals surface area contributed by atoms with E-state index in [-0.39, 0.29) is 0 Å². The highest BCUT2D eigenvalue weighted by atomic mass is 16.3. The van der Waals surface area contributed by atoms with Crippen molar-refractivity contribution in [2.45, 2.75) is 174 Å². The monoisotopic (exact) mass is 887 g/mol. The molecule has 0 aliphatic carbocycles. The summed E-state index contributed by atoms with van der Waals surface area (Å²) in [5.41, 5.74) is 12.1. The van der Waals surface area contributed by atoms with Gasteiger partial charge in [-0.2, -0.15) is 0 Å². The molecule has 0 unspecified atom stereocenters. The highest BCUT2D eigenvalue weighted by molar-refractivity contribution is 5.59. The molecule has 8 heteroatoms. The zero-order chi connectivity index (χ0) is 44.6. The second-order valence-electron chi connectivity index (χ2n) is 21.9. The number of piperidine rings is 6. The first-order valence-electron chi connectivity index (χ1n) is 27.0. The minimum atomic E-state index is -0.553. The van der Waals surface area contributed by atoms with Crippen LogP contribution in [0, 0.1) is 6.92 Å². The van der Waals surface area contributed by atoms with Gasteiger partial charge in [-0.3, -0.25) is 29.4 Å². The Morgan fingerprint density at radius 2 is 0.508 bits per heavy atom. The largest absolute Gasteiger partial charge is 0.507 e. The SMILES string of the molecule is Cc1c(CN2CCCCC2)cc(C(C)(c2cc(CN3CCCCC3)c(O)c(CN3CCCCC3)c2)c2cc(CN3CCCCC3)c(O)c(CN3CCCCC3)c2)cc1CN1CCCCC1. The normalized spacial score (nSPS) is 22.1. The molecule has 8 nitrogen and oxygen atoms in total. The second kappa shape index (κ2) is 22.4. The lowest BCUT2D eigenvalue weighted by atomic mass is 9.68. The zero-order valence-corrected chi connectivity index (χ0v) is 41.0. The van der Waals surface area contributed by atoms with E-state index in [1.165, 1.54) is 175 Å². The van der Waals surface area contributed by atoms with Gasteiger partial charge in [-0.15, -0.1) is 0 Å². The molecule has 6 fully saturated rings. The van der Waals surface area contributed by atoms with E-state index in [4.69, 9.17) is 0 Å². The molecular formula is C57H86N6O2. The van der Waals surface area contributed by atoms with Gasteiger partial charge in [0.2, 0.25) is 0 Å². The Kier molecular flexibility index (Phi) is 16.2. The molecule has 3 aromatic rings. The van der Waals surface area contributed by atoms with E-state index in [1.807, 2.05) is 0 Å². The highest BCUT2D eigenvalue weighted by Crippen LogP contribution is 2.46. The van der Waals surface area contributed by atoms with Gasteiger partial charge in [0, 0.05) is 66.9 Å². The summed E-state index contributed by atoms with van der Waals surface area (Å²) in [5, 5.41) is 24.9. The molecule has 0 radical (unpaired) electrons. The van der Waals surface area contributed by atoms with Gasteiger partial charge in [0.05, 0.1) is 0 Å². The first kappa shape index (κ1) is 47.1. The number of hydrogen-bond donors (Lipinski definition) is 2. The van der Waals surface area contributed by atoms with Crippen molar-refractivity contribution >= 4 is 0 Å². The quantitative estimate of drug-likeness (QED) is 0.146. The van der Waals surface area contributed by atoms with Crippen molar-refractivity contribution in [3.8, 4) is 11.5 Å². The van der Waals surface area contributed by atoms with Gasteiger partial charge in [0.1, 0.15) is 11.5 Å². The van der Waals surface area contributed by atoms with Crippen LogP contribution in [0.2, 0.25) is 0 Å². The van der Waals surface area contributed by atoms with Gasteiger partial charge in [0.25, 0.3) is 0 Å². The molecule has 65 heavy (non-hydrogen) atoms. The molecule has 9 rings (SSSR count). The average molecular weight is 887 g/mol. The first-order valence-corrected chi connectivity index (χ1v) is 27.0. The van der Waals surface area contributed by atoms with E-state index in [0.717, 1.165) is 114 Å². The summed E-state index contributed by atoms with van der Waals surface area (Å²) in [6, 6.07) is 15.0. The molecule has 356 valence electrons. The molecule has 2 N–H and O–H groups in total. The fourth-order valence-electron chi connectivity index (χ4n) is 12.7. The van der Waals surface area contributed by atoms with E-state index < -0.39 is 5.41 Å². The standard InChI is InChI=1S/C57H86N6O2/c1-45-46(39-58-21-9-3-10-22-58)33-52(34-47(45)40-59-23-11-4-12-24-59)57(2,53-35-48(41-60-25-13-5-14-26-60)55(64)49(36-53)42-61-27-15-6-16-28-61)54-37-50(43-62-29-17-7-18-30-62)56(65)51(38-54)44-63-31-19-8-20-32-63/h33-38,64-65H,3-32,39-44H2,1-2H3. The third-order valence-corrected chi connectivity index (χ3v) is 16.9. The fourth-order valence-corrected chi connectivity index (χ4v) is 12.7. The summed E-state index contributed by atoms with van der Waals surface area (Å²) in [6.45, 7) is 23.5. The summed E-state index contributed by atoms with van der Waals surface area (Å²) in [4.78, 5) is 15.8. The summed E-state index contributed by atoms with van der Waals surface area (Å²) in [5.74, 6) is 1.02. The lowest BCUT2D eigenvalue weighted by molar-refractivity contribution is 0.212. The van der Waals surface area contributed by atoms with E-state index in [1.54, 1.807) is 0 Å². The number of phenolic OH excluding ortho intramolecular Hbond substituents is 2. The highest BCUT2D eigenvalue weighted by Gasteiger charge is 2.37. The van der Waals surface area contributed by atoms with E-state index >= 15 is 0 Å². The minimum absolute atomic E-state index is 0.509. The van der Waals surface area contributed by atoms with Crippen molar-refractivity contribution in [1.29, 1.82) is 0 Å². The van der Waals surface area contributed by atoms with Crippen LogP contribution in [0.4, 0.5) is 0 Å². The molecule has 0 bridgehead atoms. The number of aromatic hydroxyl groups is 2. The first-order chi connectivity index (χ1) is 31.8. The van der Waals surface area contributed by atoms with Crippen LogP contribution in [-0.2, 0) is 44.7 Å². The number of rotatable bonds is 15. The zero-order valence-electron chi connectivity index (χ0n) is 41.0. The maximum absolute atomic E-state index is 12.5. The molecule has 6 saturated heterocycles. The van der Waals surface area contributed by atoms with Crippen molar-refractivity contribution < 1.29 is 10.2 Å². The average Bonchev–Trinajstić information content (AvgIpc) is 3.34. The Bertz CT molecular complexity index is 1650. The van der Waals surface area contributed by atoms with Gasteiger partial charge in [-0.05, 0) is 227 Å². The topological polar surface area (TPSA) is 59.9 Å². The third-order valence-electron chi connectivity index (χ3n) is 16.9. The van der Waals surface area contributed by atoms with Crippen LogP contribution in [0.5, 0.6) is 11.5 Å². The van der Waals surface area contributed by atoms with Crippen LogP contribution in [0.25, 0.3) is 0 Å². The predicted octanol–water partition coefficient (Wildman–Crippen LogP) is 10.7. The number of nitrogens with zero attached hydrogens (tertiary/aromatic N) is 6. The van der Waals surface area contributed by atoms with E-state index in [9.17, 15) is 10.2 Å². The van der Waals surface area contributed by atoms with Gasteiger partial charge < -0.3 is 10.2 Å². The van der Waals surface area contributed by atoms with Crippen LogP contribution in [-0.4, -0.2) is 118 Å². The number of hydrogen-bond acceptors (Lipinski definition) is 8. The van der Waals surface area contributed by atoms with Crippen molar-refractivity contribution in [3.63, 3.8) is 0 Å². The smallest absolute Gasteiger partial charge is 0.124 e. The third kappa shape index (κ3) is 11.7. The number of benzene rings is 3. The van der Waals surface area contributed by atoms with E-state index in [2.05, 4.69) is 79.6 Å². The van der Waals surface area contributed by atoms with Crippen LogP contribution in [0.15, 0.2) is 36.4 Å². The molecule has 0 aromatic heterocycles. The molecule has 6 heterocycles. The molecule has 3 aromatic carbocycles. The molecule has 0 amide bonds. The molecule has 6 aliphatic rings. The summed E-state index contributed by atoms with van der Waals surface area (Å²) < 4.78 is 0. The van der Waals surface area contributed by atoms with Crippen molar-refractivity contribution in [2.24, 2.45) is 0 Å². The Hall–Kier alpha value is -2.98.